The molecule has 0 unspecified atom stereocenters. The number of nitrogens with zero attached hydrogens (tertiary/aromatic N) is 1. The first-order valence-electron chi connectivity index (χ1n) is 5.42. The van der Waals surface area contributed by atoms with Crippen molar-refractivity contribution in [1.82, 2.24) is 0 Å². The van der Waals surface area contributed by atoms with E-state index in [1.54, 1.807) is 6.26 Å². The third-order valence-corrected chi connectivity index (χ3v) is 2.48. The van der Waals surface area contributed by atoms with Gasteiger partial charge in [0, 0.05) is 0 Å². The molecule has 0 radical (unpaired) electrons. The fourth-order valence-electron chi connectivity index (χ4n) is 1.36. The van der Waals surface area contributed by atoms with E-state index in [9.17, 15) is 0 Å². The third-order valence-electron chi connectivity index (χ3n) is 2.21. The lowest BCUT2D eigenvalue weighted by atomic mass is 10.3. The van der Waals surface area contributed by atoms with Crippen molar-refractivity contribution in [1.29, 1.82) is 0 Å². The van der Waals surface area contributed by atoms with Crippen LogP contribution in [0.3, 0.4) is 0 Å². The van der Waals surface area contributed by atoms with Gasteiger partial charge >= 0.3 is 0 Å². The van der Waals surface area contributed by atoms with Crippen LogP contribution in [-0.2, 0) is 6.61 Å². The van der Waals surface area contributed by atoms with Crippen molar-refractivity contribution < 1.29 is 9.15 Å². The number of amidine groups is 1. The van der Waals surface area contributed by atoms with E-state index < -0.39 is 0 Å². The van der Waals surface area contributed by atoms with Gasteiger partial charge in [-0.3, -0.25) is 0 Å². The number of alkyl halides is 1. The number of ether oxygens (including phenoxy) is 1. The van der Waals surface area contributed by atoms with Crippen molar-refractivity contribution in [3.05, 3.63) is 48.4 Å². The molecule has 1 aromatic heterocycles. The Bertz CT molecular complexity index is 506. The summed E-state index contributed by atoms with van der Waals surface area (Å²) in [5.74, 6) is 2.13. The molecule has 5 heteroatoms. The van der Waals surface area contributed by atoms with Gasteiger partial charge in [0.15, 0.2) is 0 Å². The van der Waals surface area contributed by atoms with Crippen molar-refractivity contribution in [3.8, 4) is 5.75 Å². The smallest absolute Gasteiger partial charge is 0.146 e. The highest BCUT2D eigenvalue weighted by atomic mass is 35.5. The number of hydrogen-bond acceptors (Lipinski definition) is 3. The van der Waals surface area contributed by atoms with Gasteiger partial charge in [0.05, 0.1) is 17.8 Å². The van der Waals surface area contributed by atoms with Crippen LogP contribution in [-0.4, -0.2) is 11.7 Å². The first kappa shape index (κ1) is 12.5. The van der Waals surface area contributed by atoms with E-state index in [4.69, 9.17) is 26.5 Å². The van der Waals surface area contributed by atoms with E-state index >= 15 is 0 Å². The summed E-state index contributed by atoms with van der Waals surface area (Å²) >= 11 is 5.55. The lowest BCUT2D eigenvalue weighted by Gasteiger charge is -2.04. The molecule has 18 heavy (non-hydrogen) atoms. The van der Waals surface area contributed by atoms with Crippen LogP contribution < -0.4 is 10.5 Å². The van der Waals surface area contributed by atoms with Crippen molar-refractivity contribution in [2.75, 3.05) is 5.88 Å². The molecule has 2 aromatic rings. The van der Waals surface area contributed by atoms with E-state index in [2.05, 4.69) is 4.99 Å². The number of halogens is 1. The molecule has 0 aliphatic heterocycles. The van der Waals surface area contributed by atoms with E-state index in [1.165, 1.54) is 0 Å². The number of rotatable bonds is 5. The standard InChI is InChI=1S/C13H13ClN2O2/c14-8-13(15)16-10-3-5-11(6-4-10)18-9-12-2-1-7-17-12/h1-7H,8-9H2,(H2,15,16). The molecule has 0 saturated heterocycles. The minimum atomic E-state index is 0.219. The minimum absolute atomic E-state index is 0.219. The minimum Gasteiger partial charge on any atom is -0.486 e. The van der Waals surface area contributed by atoms with Crippen molar-refractivity contribution in [2.24, 2.45) is 10.7 Å². The zero-order valence-corrected chi connectivity index (χ0v) is 10.4. The van der Waals surface area contributed by atoms with Gasteiger partial charge < -0.3 is 14.9 Å². The first-order valence-corrected chi connectivity index (χ1v) is 5.95. The lowest BCUT2D eigenvalue weighted by Crippen LogP contribution is -2.12. The molecule has 1 aromatic carbocycles. The predicted octanol–water partition coefficient (Wildman–Crippen LogP) is 3.09. The van der Waals surface area contributed by atoms with Gasteiger partial charge in [0.1, 0.15) is 24.0 Å². The average Bonchev–Trinajstić information content (AvgIpc) is 2.91. The second-order valence-corrected chi connectivity index (χ2v) is 3.87. The van der Waals surface area contributed by atoms with Crippen LogP contribution in [0.15, 0.2) is 52.1 Å². The summed E-state index contributed by atoms with van der Waals surface area (Å²) in [7, 11) is 0. The summed E-state index contributed by atoms with van der Waals surface area (Å²) in [5, 5.41) is 0. The lowest BCUT2D eigenvalue weighted by molar-refractivity contribution is 0.270. The van der Waals surface area contributed by atoms with E-state index in [0.29, 0.717) is 12.4 Å². The fourth-order valence-corrected chi connectivity index (χ4v) is 1.42. The summed E-state index contributed by atoms with van der Waals surface area (Å²) < 4.78 is 10.7. The summed E-state index contributed by atoms with van der Waals surface area (Å²) in [6.07, 6.45) is 1.62. The Morgan fingerprint density at radius 2 is 2.06 bits per heavy atom. The monoisotopic (exact) mass is 264 g/mol. The van der Waals surface area contributed by atoms with E-state index in [-0.39, 0.29) is 5.88 Å². The van der Waals surface area contributed by atoms with Crippen molar-refractivity contribution >= 4 is 23.1 Å². The highest BCUT2D eigenvalue weighted by molar-refractivity contribution is 6.28. The number of aliphatic imine (C=N–C) groups is 1. The second kappa shape index (κ2) is 6.12. The Labute approximate surface area is 110 Å². The highest BCUT2D eigenvalue weighted by Gasteiger charge is 1.98. The zero-order valence-electron chi connectivity index (χ0n) is 9.67. The van der Waals surface area contributed by atoms with Gasteiger partial charge in [-0.05, 0) is 36.4 Å². The van der Waals surface area contributed by atoms with Crippen LogP contribution in [0.4, 0.5) is 5.69 Å². The van der Waals surface area contributed by atoms with Crippen molar-refractivity contribution in [2.45, 2.75) is 6.61 Å². The van der Waals surface area contributed by atoms with Gasteiger partial charge in [-0.25, -0.2) is 4.99 Å². The summed E-state index contributed by atoms with van der Waals surface area (Å²) in [4.78, 5) is 4.12. The summed E-state index contributed by atoms with van der Waals surface area (Å²) in [5.41, 5.74) is 6.29. The van der Waals surface area contributed by atoms with Gasteiger partial charge in [0.25, 0.3) is 0 Å². The molecule has 0 spiro atoms. The van der Waals surface area contributed by atoms with Gasteiger partial charge in [0.2, 0.25) is 0 Å². The molecule has 0 aliphatic carbocycles. The van der Waals surface area contributed by atoms with Crippen LogP contribution in [0.1, 0.15) is 5.76 Å². The van der Waals surface area contributed by atoms with Crippen LogP contribution in [0, 0.1) is 0 Å². The molecule has 0 saturated carbocycles. The van der Waals surface area contributed by atoms with Gasteiger partial charge in [-0.2, -0.15) is 0 Å². The predicted molar refractivity (Wildman–Crippen MR) is 71.5 cm³/mol. The van der Waals surface area contributed by atoms with Crippen LogP contribution in [0.2, 0.25) is 0 Å². The summed E-state index contributed by atoms with van der Waals surface area (Å²) in [6.45, 7) is 0.402. The third kappa shape index (κ3) is 3.53. The van der Waals surface area contributed by atoms with Crippen LogP contribution in [0.25, 0.3) is 0 Å². The molecule has 2 rings (SSSR count). The normalized spacial score (nSPS) is 11.5. The first-order chi connectivity index (χ1) is 8.78. The molecule has 2 N–H and O–H groups in total. The second-order valence-electron chi connectivity index (χ2n) is 3.60. The van der Waals surface area contributed by atoms with Gasteiger partial charge in [-0.1, -0.05) is 0 Å². The zero-order chi connectivity index (χ0) is 12.8. The molecule has 0 fully saturated rings. The maximum absolute atomic E-state index is 5.55. The highest BCUT2D eigenvalue weighted by Crippen LogP contribution is 2.19. The largest absolute Gasteiger partial charge is 0.486 e. The topological polar surface area (TPSA) is 60.8 Å². The molecule has 0 amide bonds. The molecule has 0 bridgehead atoms. The molecule has 1 heterocycles. The number of furan rings is 1. The maximum Gasteiger partial charge on any atom is 0.146 e. The molecule has 0 atom stereocenters. The van der Waals surface area contributed by atoms with Crippen molar-refractivity contribution in [3.63, 3.8) is 0 Å². The van der Waals surface area contributed by atoms with Crippen LogP contribution in [0.5, 0.6) is 5.75 Å². The Balaban J connectivity index is 1.95. The number of benzene rings is 1. The Morgan fingerprint density at radius 3 is 2.67 bits per heavy atom. The number of nitrogens with two attached hydrogens (primary N) is 1. The fraction of sp³-hybridized carbons (Fsp3) is 0.154. The molecule has 94 valence electrons. The molecular formula is C13H13ClN2O2. The molecule has 0 aliphatic rings. The van der Waals surface area contributed by atoms with Crippen LogP contribution >= 0.6 is 11.6 Å². The summed E-state index contributed by atoms with van der Waals surface area (Å²) in [6, 6.07) is 11.0. The SMILES string of the molecule is NC(CCl)=Nc1ccc(OCc2ccco2)cc1. The quantitative estimate of drug-likeness (QED) is 0.513. The maximum atomic E-state index is 5.55. The van der Waals surface area contributed by atoms with E-state index in [0.717, 1.165) is 17.2 Å². The number of hydrogen-bond donors (Lipinski definition) is 1. The Morgan fingerprint density at radius 1 is 1.28 bits per heavy atom. The van der Waals surface area contributed by atoms with E-state index in [1.807, 2.05) is 36.4 Å². The average molecular weight is 265 g/mol. The van der Waals surface area contributed by atoms with Gasteiger partial charge in [-0.15, -0.1) is 11.6 Å². The molecular weight excluding hydrogens is 252 g/mol. The molecule has 4 nitrogen and oxygen atoms in total. The Hall–Kier alpha value is -1.94. The Kier molecular flexibility index (Phi) is 4.25.